The van der Waals surface area contributed by atoms with Crippen molar-refractivity contribution in [1.82, 2.24) is 10.3 Å². The lowest BCUT2D eigenvalue weighted by Gasteiger charge is -2.31. The van der Waals surface area contributed by atoms with Crippen LogP contribution in [0.2, 0.25) is 0 Å². The summed E-state index contributed by atoms with van der Waals surface area (Å²) in [6, 6.07) is 12.4. The SMILES string of the molecule is C[C@@H](NC(=O)C1CCN(c2nc3ccccc3s2)CC1)c1cccs1. The molecule has 4 rings (SSSR count). The van der Waals surface area contributed by atoms with E-state index in [1.165, 1.54) is 9.58 Å². The summed E-state index contributed by atoms with van der Waals surface area (Å²) in [4.78, 5) is 20.8. The van der Waals surface area contributed by atoms with Crippen LogP contribution in [0.5, 0.6) is 0 Å². The van der Waals surface area contributed by atoms with Crippen LogP contribution in [0.4, 0.5) is 5.13 Å². The van der Waals surface area contributed by atoms with E-state index in [9.17, 15) is 4.79 Å². The van der Waals surface area contributed by atoms with Crippen molar-refractivity contribution in [2.45, 2.75) is 25.8 Å². The van der Waals surface area contributed by atoms with E-state index >= 15 is 0 Å². The molecule has 0 unspecified atom stereocenters. The Balaban J connectivity index is 1.35. The van der Waals surface area contributed by atoms with E-state index < -0.39 is 0 Å². The maximum absolute atomic E-state index is 12.5. The molecule has 2 aromatic heterocycles. The fourth-order valence-electron chi connectivity index (χ4n) is 3.27. The van der Waals surface area contributed by atoms with Crippen molar-refractivity contribution >= 4 is 43.9 Å². The Kier molecular flexibility index (Phi) is 4.72. The van der Waals surface area contributed by atoms with Gasteiger partial charge in [-0.1, -0.05) is 29.5 Å². The third kappa shape index (κ3) is 3.55. The summed E-state index contributed by atoms with van der Waals surface area (Å²) in [6.07, 6.45) is 1.78. The maximum atomic E-state index is 12.5. The van der Waals surface area contributed by atoms with Gasteiger partial charge in [-0.3, -0.25) is 4.79 Å². The van der Waals surface area contributed by atoms with Crippen molar-refractivity contribution in [3.05, 3.63) is 46.7 Å². The number of carbonyl (C=O) groups excluding carboxylic acids is 1. The molecule has 130 valence electrons. The lowest BCUT2D eigenvalue weighted by molar-refractivity contribution is -0.126. The molecular weight excluding hydrogens is 350 g/mol. The smallest absolute Gasteiger partial charge is 0.223 e. The summed E-state index contributed by atoms with van der Waals surface area (Å²) in [6.45, 7) is 3.84. The zero-order valence-electron chi connectivity index (χ0n) is 14.1. The van der Waals surface area contributed by atoms with E-state index in [-0.39, 0.29) is 17.9 Å². The highest BCUT2D eigenvalue weighted by Crippen LogP contribution is 2.31. The number of anilines is 1. The molecule has 6 heteroatoms. The van der Waals surface area contributed by atoms with Crippen LogP contribution < -0.4 is 10.2 Å². The summed E-state index contributed by atoms with van der Waals surface area (Å²) in [7, 11) is 0. The van der Waals surface area contributed by atoms with Gasteiger partial charge in [-0.05, 0) is 43.3 Å². The van der Waals surface area contributed by atoms with E-state index in [2.05, 4.69) is 46.8 Å². The topological polar surface area (TPSA) is 45.2 Å². The zero-order valence-corrected chi connectivity index (χ0v) is 15.8. The van der Waals surface area contributed by atoms with Crippen LogP contribution in [0.15, 0.2) is 41.8 Å². The number of aromatic nitrogens is 1. The van der Waals surface area contributed by atoms with E-state index in [4.69, 9.17) is 4.98 Å². The lowest BCUT2D eigenvalue weighted by Crippen LogP contribution is -2.41. The van der Waals surface area contributed by atoms with E-state index in [1.54, 1.807) is 22.7 Å². The number of fused-ring (bicyclic) bond motifs is 1. The molecule has 25 heavy (non-hydrogen) atoms. The number of nitrogens with zero attached hydrogens (tertiary/aromatic N) is 2. The summed E-state index contributed by atoms with van der Waals surface area (Å²) < 4.78 is 1.22. The van der Waals surface area contributed by atoms with Gasteiger partial charge in [-0.25, -0.2) is 4.98 Å². The predicted octanol–water partition coefficient (Wildman–Crippen LogP) is 4.45. The summed E-state index contributed by atoms with van der Waals surface area (Å²) >= 11 is 3.43. The Morgan fingerprint density at radius 2 is 2.04 bits per heavy atom. The Labute approximate surface area is 155 Å². The molecule has 1 aromatic carbocycles. The first kappa shape index (κ1) is 16.5. The standard InChI is InChI=1S/C19H21N3OS2/c1-13(16-7-4-12-24-16)20-18(23)14-8-10-22(11-9-14)19-21-15-5-2-3-6-17(15)25-19/h2-7,12-14H,8-11H2,1H3,(H,20,23)/t13-/m1/s1. The quantitative estimate of drug-likeness (QED) is 0.737. The number of carbonyl (C=O) groups is 1. The van der Waals surface area contributed by atoms with Gasteiger partial charge in [0.15, 0.2) is 5.13 Å². The Bertz CT molecular complexity index is 818. The monoisotopic (exact) mass is 371 g/mol. The molecule has 1 saturated heterocycles. The van der Waals surface area contributed by atoms with E-state index in [0.717, 1.165) is 36.6 Å². The number of thiophene rings is 1. The van der Waals surface area contributed by atoms with Crippen LogP contribution >= 0.6 is 22.7 Å². The second-order valence-electron chi connectivity index (χ2n) is 6.47. The number of thiazole rings is 1. The lowest BCUT2D eigenvalue weighted by atomic mass is 9.96. The first-order valence-electron chi connectivity index (χ1n) is 8.65. The minimum atomic E-state index is 0.0924. The van der Waals surface area contributed by atoms with Crippen LogP contribution in [-0.2, 0) is 4.79 Å². The summed E-state index contributed by atoms with van der Waals surface area (Å²) in [5.74, 6) is 0.290. The summed E-state index contributed by atoms with van der Waals surface area (Å²) in [5.41, 5.74) is 1.06. The van der Waals surface area contributed by atoms with Gasteiger partial charge in [0.25, 0.3) is 0 Å². The van der Waals surface area contributed by atoms with Crippen LogP contribution in [0.1, 0.15) is 30.7 Å². The van der Waals surface area contributed by atoms with Gasteiger partial charge in [0.05, 0.1) is 16.3 Å². The highest BCUT2D eigenvalue weighted by Gasteiger charge is 2.27. The molecule has 1 fully saturated rings. The van der Waals surface area contributed by atoms with E-state index in [0.29, 0.717) is 0 Å². The van der Waals surface area contributed by atoms with Gasteiger partial charge < -0.3 is 10.2 Å². The molecule has 1 aliphatic rings. The van der Waals surface area contributed by atoms with Crippen molar-refractivity contribution in [3.8, 4) is 0 Å². The van der Waals surface area contributed by atoms with Crippen LogP contribution in [0, 0.1) is 5.92 Å². The minimum Gasteiger partial charge on any atom is -0.349 e. The van der Waals surface area contributed by atoms with E-state index in [1.807, 2.05) is 12.1 Å². The molecule has 0 bridgehead atoms. The van der Waals surface area contributed by atoms with Crippen LogP contribution in [0.25, 0.3) is 10.2 Å². The first-order chi connectivity index (χ1) is 12.2. The molecular formula is C19H21N3OS2. The van der Waals surface area contributed by atoms with Crippen molar-refractivity contribution < 1.29 is 4.79 Å². The highest BCUT2D eigenvalue weighted by atomic mass is 32.1. The second kappa shape index (κ2) is 7.14. The zero-order chi connectivity index (χ0) is 17.2. The number of amides is 1. The number of hydrogen-bond acceptors (Lipinski definition) is 5. The molecule has 1 atom stereocenters. The largest absolute Gasteiger partial charge is 0.349 e. The molecule has 0 aliphatic carbocycles. The van der Waals surface area contributed by atoms with Crippen molar-refractivity contribution in [2.24, 2.45) is 5.92 Å². The van der Waals surface area contributed by atoms with Gasteiger partial charge in [0.2, 0.25) is 5.91 Å². The van der Waals surface area contributed by atoms with Crippen molar-refractivity contribution in [1.29, 1.82) is 0 Å². The van der Waals surface area contributed by atoms with Crippen LogP contribution in [-0.4, -0.2) is 24.0 Å². The minimum absolute atomic E-state index is 0.0924. The van der Waals surface area contributed by atoms with Gasteiger partial charge in [-0.2, -0.15) is 0 Å². The molecule has 0 radical (unpaired) electrons. The first-order valence-corrected chi connectivity index (χ1v) is 10.3. The Hall–Kier alpha value is -1.92. The van der Waals surface area contributed by atoms with Crippen molar-refractivity contribution in [3.63, 3.8) is 0 Å². The second-order valence-corrected chi connectivity index (χ2v) is 8.46. The fraction of sp³-hybridized carbons (Fsp3) is 0.368. The average molecular weight is 372 g/mol. The molecule has 3 aromatic rings. The fourth-order valence-corrected chi connectivity index (χ4v) is 5.02. The highest BCUT2D eigenvalue weighted by molar-refractivity contribution is 7.22. The normalized spacial score (nSPS) is 16.9. The number of benzene rings is 1. The van der Waals surface area contributed by atoms with Gasteiger partial charge in [0.1, 0.15) is 0 Å². The van der Waals surface area contributed by atoms with Gasteiger partial charge in [0, 0.05) is 23.9 Å². The molecule has 0 saturated carbocycles. The third-order valence-corrected chi connectivity index (χ3v) is 6.90. The molecule has 1 amide bonds. The summed E-state index contributed by atoms with van der Waals surface area (Å²) in [5, 5.41) is 6.29. The molecule has 1 N–H and O–H groups in total. The molecule has 0 spiro atoms. The number of piperidine rings is 1. The van der Waals surface area contributed by atoms with Gasteiger partial charge >= 0.3 is 0 Å². The predicted molar refractivity (Wildman–Crippen MR) is 105 cm³/mol. The average Bonchev–Trinajstić information content (AvgIpc) is 3.31. The molecule has 1 aliphatic heterocycles. The third-order valence-electron chi connectivity index (χ3n) is 4.75. The maximum Gasteiger partial charge on any atom is 0.223 e. The number of nitrogens with one attached hydrogen (secondary N) is 1. The van der Waals surface area contributed by atoms with Crippen LogP contribution in [0.3, 0.4) is 0 Å². The van der Waals surface area contributed by atoms with Crippen molar-refractivity contribution in [2.75, 3.05) is 18.0 Å². The Morgan fingerprint density at radius 3 is 2.76 bits per heavy atom. The number of rotatable bonds is 4. The molecule has 4 nitrogen and oxygen atoms in total. The Morgan fingerprint density at radius 1 is 1.24 bits per heavy atom. The molecule has 3 heterocycles. The van der Waals surface area contributed by atoms with Gasteiger partial charge in [-0.15, -0.1) is 11.3 Å². The number of para-hydroxylation sites is 1. The number of hydrogen-bond donors (Lipinski definition) is 1.